The van der Waals surface area contributed by atoms with E-state index in [-0.39, 0.29) is 0 Å². The van der Waals surface area contributed by atoms with Crippen molar-refractivity contribution in [3.05, 3.63) is 138 Å². The number of benzene rings is 4. The molecule has 1 aliphatic heterocycles. The summed E-state index contributed by atoms with van der Waals surface area (Å²) in [5.41, 5.74) is 6.64. The average Bonchev–Trinajstić information content (AvgIpc) is 2.89. The van der Waals surface area contributed by atoms with Gasteiger partial charge in [-0.05, 0) is 0 Å². The number of hydrogen-bond donors (Lipinski definition) is 0. The second kappa shape index (κ2) is 9.10. The molecule has 0 unspecified atom stereocenters. The van der Waals surface area contributed by atoms with Crippen molar-refractivity contribution in [1.29, 1.82) is 0 Å². The van der Waals surface area contributed by atoms with Crippen LogP contribution in [0.25, 0.3) is 35.8 Å². The maximum absolute atomic E-state index is 2.42. The third-order valence-corrected chi connectivity index (χ3v) is 10.7. The molecule has 0 radical (unpaired) electrons. The molecule has 0 fully saturated rings. The molecule has 0 bridgehead atoms. The second-order valence-corrected chi connectivity index (χ2v) is 12.5. The predicted octanol–water partition coefficient (Wildman–Crippen LogP) is 6.77. The zero-order valence-corrected chi connectivity index (χ0v) is 21.4. The summed E-state index contributed by atoms with van der Waals surface area (Å²) in [4.78, 5) is 0. The normalized spacial score (nSPS) is 14.2. The van der Waals surface area contributed by atoms with Crippen molar-refractivity contribution < 1.29 is 0 Å². The molecule has 5 aromatic rings. The van der Waals surface area contributed by atoms with E-state index in [1.165, 1.54) is 50.8 Å². The van der Waals surface area contributed by atoms with Gasteiger partial charge in [-0.3, -0.25) is 0 Å². The molecule has 0 amide bonds. The van der Waals surface area contributed by atoms with Gasteiger partial charge in [0.1, 0.15) is 0 Å². The van der Waals surface area contributed by atoms with Gasteiger partial charge in [-0.25, -0.2) is 0 Å². The monoisotopic (exact) mass is 553 g/mol. The van der Waals surface area contributed by atoms with Gasteiger partial charge in [0.15, 0.2) is 0 Å². The first kappa shape index (κ1) is 20.6. The molecule has 0 aliphatic carbocycles. The average molecular weight is 551 g/mol. The van der Waals surface area contributed by atoms with Crippen molar-refractivity contribution in [2.24, 2.45) is 0 Å². The summed E-state index contributed by atoms with van der Waals surface area (Å²) in [6, 6.07) is 41.9. The minimum atomic E-state index is 0.304. The minimum absolute atomic E-state index is 0.304. The molecule has 0 nitrogen and oxygen atoms in total. The van der Waals surface area contributed by atoms with Crippen LogP contribution in [0.3, 0.4) is 0 Å². The Kier molecular flexibility index (Phi) is 5.68. The van der Waals surface area contributed by atoms with E-state index in [0.717, 1.165) is 0 Å². The molecule has 1 aromatic heterocycles. The Bertz CT molecular complexity index is 1510. The van der Waals surface area contributed by atoms with Gasteiger partial charge in [0, 0.05) is 0 Å². The molecule has 2 heterocycles. The molecular weight excluding hydrogens is 530 g/mol. The molecular formula is C31H21Se2+. The van der Waals surface area contributed by atoms with Gasteiger partial charge in [0.25, 0.3) is 0 Å². The summed E-state index contributed by atoms with van der Waals surface area (Å²) in [5.74, 6) is 0. The zero-order valence-electron chi connectivity index (χ0n) is 17.9. The van der Waals surface area contributed by atoms with Crippen molar-refractivity contribution in [2.75, 3.05) is 0 Å². The first-order chi connectivity index (χ1) is 16.3. The van der Waals surface area contributed by atoms with Crippen molar-refractivity contribution in [1.82, 2.24) is 0 Å². The zero-order chi connectivity index (χ0) is 22.0. The topological polar surface area (TPSA) is 0 Å². The Morgan fingerprint density at radius 2 is 1.30 bits per heavy atom. The van der Waals surface area contributed by atoms with E-state index < -0.39 is 0 Å². The number of allylic oxidation sites excluding steroid dienone is 2. The molecule has 0 saturated carbocycles. The summed E-state index contributed by atoms with van der Waals surface area (Å²) >= 11 is 0.608. The van der Waals surface area contributed by atoms with E-state index in [1.54, 1.807) is 0 Å². The molecule has 0 spiro atoms. The second-order valence-electron chi connectivity index (χ2n) is 8.00. The Morgan fingerprint density at radius 1 is 0.636 bits per heavy atom. The van der Waals surface area contributed by atoms with Crippen LogP contribution in [0.2, 0.25) is 0 Å². The summed E-state index contributed by atoms with van der Waals surface area (Å²) in [6.45, 7) is 0. The van der Waals surface area contributed by atoms with E-state index >= 15 is 0 Å². The third kappa shape index (κ3) is 4.20. The fraction of sp³-hybridized carbons (Fsp3) is 0. The van der Waals surface area contributed by atoms with Crippen LogP contribution in [-0.2, 0) is 0 Å². The van der Waals surface area contributed by atoms with Gasteiger partial charge in [0.2, 0.25) is 0 Å². The van der Waals surface area contributed by atoms with Gasteiger partial charge in [0.05, 0.1) is 0 Å². The molecule has 6 rings (SSSR count). The molecule has 1 aliphatic rings. The van der Waals surface area contributed by atoms with E-state index in [2.05, 4.69) is 127 Å². The van der Waals surface area contributed by atoms with Gasteiger partial charge < -0.3 is 0 Å². The molecule has 0 saturated heterocycles. The summed E-state index contributed by atoms with van der Waals surface area (Å²) in [6.07, 6.45) is 4.83. The van der Waals surface area contributed by atoms with Crippen molar-refractivity contribution in [3.63, 3.8) is 0 Å². The Balaban J connectivity index is 1.57. The SMILES string of the molecule is C1=C(c2ccccc2)[Se]c2ccccc2/C1=C/c1cc(-c2ccccc2)[se+]c2ccccc12. The van der Waals surface area contributed by atoms with Crippen LogP contribution in [0, 0.1) is 0 Å². The van der Waals surface area contributed by atoms with E-state index in [1.807, 2.05) is 0 Å². The maximum atomic E-state index is 2.42. The third-order valence-electron chi connectivity index (χ3n) is 5.84. The summed E-state index contributed by atoms with van der Waals surface area (Å²) < 4.78 is 5.79. The molecule has 0 N–H and O–H groups in total. The van der Waals surface area contributed by atoms with Gasteiger partial charge >= 0.3 is 208 Å². The van der Waals surface area contributed by atoms with Crippen LogP contribution < -0.4 is 4.46 Å². The Hall–Kier alpha value is -2.99. The molecule has 4 aromatic carbocycles. The van der Waals surface area contributed by atoms with Crippen LogP contribution in [0.4, 0.5) is 0 Å². The predicted molar refractivity (Wildman–Crippen MR) is 145 cm³/mol. The van der Waals surface area contributed by atoms with Crippen LogP contribution in [0.5, 0.6) is 0 Å². The molecule has 0 atom stereocenters. The van der Waals surface area contributed by atoms with Crippen LogP contribution in [0.1, 0.15) is 16.7 Å². The standard InChI is InChI=1S/C31H21Se2/c1-3-11-22(12-4-1)30-20-24(26-15-7-9-17-28(26)32-30)19-25-21-31(23-13-5-2-6-14-23)33-29-18-10-8-16-27(25)29/h1-21H/q+1. The quantitative estimate of drug-likeness (QED) is 0.217. The summed E-state index contributed by atoms with van der Waals surface area (Å²) in [7, 11) is 0. The summed E-state index contributed by atoms with van der Waals surface area (Å²) in [5, 5.41) is 1.37. The van der Waals surface area contributed by atoms with Crippen molar-refractivity contribution in [3.8, 4) is 10.0 Å². The van der Waals surface area contributed by atoms with E-state index in [0.29, 0.717) is 29.5 Å². The first-order valence-electron chi connectivity index (χ1n) is 11.0. The molecule has 2 heteroatoms. The first-order valence-corrected chi connectivity index (χ1v) is 14.5. The van der Waals surface area contributed by atoms with Crippen molar-refractivity contribution in [2.45, 2.75) is 0 Å². The molecule has 33 heavy (non-hydrogen) atoms. The van der Waals surface area contributed by atoms with Gasteiger partial charge in [-0.15, -0.1) is 0 Å². The molecule has 156 valence electrons. The number of hydrogen-bond acceptors (Lipinski definition) is 0. The van der Waals surface area contributed by atoms with Crippen molar-refractivity contribution >= 4 is 59.7 Å². The van der Waals surface area contributed by atoms with Gasteiger partial charge in [-0.2, -0.15) is 0 Å². The number of rotatable bonds is 3. The number of fused-ring (bicyclic) bond motifs is 2. The fourth-order valence-electron chi connectivity index (χ4n) is 4.22. The fourth-order valence-corrected chi connectivity index (χ4v) is 8.91. The van der Waals surface area contributed by atoms with Crippen LogP contribution >= 0.6 is 0 Å². The Morgan fingerprint density at radius 3 is 2.12 bits per heavy atom. The van der Waals surface area contributed by atoms with Crippen LogP contribution in [-0.4, -0.2) is 29.5 Å². The van der Waals surface area contributed by atoms with E-state index in [4.69, 9.17) is 0 Å². The van der Waals surface area contributed by atoms with Gasteiger partial charge in [-0.1, -0.05) is 0 Å². The van der Waals surface area contributed by atoms with Crippen LogP contribution in [0.15, 0.2) is 121 Å². The van der Waals surface area contributed by atoms with E-state index in [9.17, 15) is 0 Å². The Labute approximate surface area is 206 Å².